The van der Waals surface area contributed by atoms with Crippen molar-refractivity contribution in [2.75, 3.05) is 13.2 Å². The van der Waals surface area contributed by atoms with Gasteiger partial charge in [-0.15, -0.1) is 0 Å². The van der Waals surface area contributed by atoms with Crippen LogP contribution in [0.1, 0.15) is 322 Å². The Bertz CT molecular complexity index is 955. The predicted molar refractivity (Wildman–Crippen MR) is 278 cm³/mol. The number of rotatable bonds is 54. The number of unbranched alkanes of at least 4 members (excludes halogenated alkanes) is 41. The van der Waals surface area contributed by atoms with Crippen molar-refractivity contribution in [3.63, 3.8) is 0 Å². The highest BCUT2D eigenvalue weighted by Crippen LogP contribution is 2.18. The van der Waals surface area contributed by atoms with Gasteiger partial charge in [-0.2, -0.15) is 0 Å². The molecule has 0 saturated heterocycles. The smallest absolute Gasteiger partial charge is 0.305 e. The number of esters is 1. The molecule has 0 saturated carbocycles. The van der Waals surface area contributed by atoms with Gasteiger partial charge >= 0.3 is 5.97 Å². The first-order valence-corrected chi connectivity index (χ1v) is 28.9. The molecule has 0 bridgehead atoms. The van der Waals surface area contributed by atoms with Crippen molar-refractivity contribution >= 4 is 11.9 Å². The van der Waals surface area contributed by atoms with Crippen molar-refractivity contribution in [2.24, 2.45) is 0 Å². The maximum atomic E-state index is 12.5. The van der Waals surface area contributed by atoms with Gasteiger partial charge in [0, 0.05) is 12.8 Å². The number of hydrogen-bond donors (Lipinski definition) is 3. The van der Waals surface area contributed by atoms with E-state index in [9.17, 15) is 19.8 Å². The SMILES string of the molecule is CCCC/C=C\CCCCCCCC(=O)OCCCCCCCCCCCCCCCCCCCCCCCCCC(=O)NC(CO)C(O)CCCCCCCCCCCCCCC. The molecule has 0 rings (SSSR count). The van der Waals surface area contributed by atoms with E-state index in [2.05, 4.69) is 31.3 Å². The quantitative estimate of drug-likeness (QED) is 0.0321. The van der Waals surface area contributed by atoms with Gasteiger partial charge < -0.3 is 20.3 Å². The molecule has 6 heteroatoms. The van der Waals surface area contributed by atoms with Crippen LogP contribution in [0, 0.1) is 0 Å². The molecule has 0 aromatic heterocycles. The summed E-state index contributed by atoms with van der Waals surface area (Å²) in [6.45, 7) is 4.92. The Morgan fingerprint density at radius 1 is 0.422 bits per heavy atom. The van der Waals surface area contributed by atoms with Crippen LogP contribution >= 0.6 is 0 Å². The number of nitrogens with one attached hydrogen (secondary N) is 1. The minimum Gasteiger partial charge on any atom is -0.466 e. The second kappa shape index (κ2) is 54.2. The van der Waals surface area contributed by atoms with E-state index in [1.807, 2.05) is 0 Å². The summed E-state index contributed by atoms with van der Waals surface area (Å²) in [7, 11) is 0. The van der Waals surface area contributed by atoms with Gasteiger partial charge in [-0.25, -0.2) is 0 Å². The number of ether oxygens (including phenoxy) is 1. The zero-order valence-corrected chi connectivity index (χ0v) is 43.3. The van der Waals surface area contributed by atoms with Crippen molar-refractivity contribution in [2.45, 2.75) is 334 Å². The molecule has 0 aliphatic heterocycles. The summed E-state index contributed by atoms with van der Waals surface area (Å²) in [6, 6.07) is -0.539. The molecule has 1 amide bonds. The first kappa shape index (κ1) is 62.6. The Labute approximate surface area is 399 Å². The van der Waals surface area contributed by atoms with Crippen LogP contribution < -0.4 is 5.32 Å². The fourth-order valence-corrected chi connectivity index (χ4v) is 9.09. The minimum atomic E-state index is -0.662. The molecular formula is C58H113NO5. The van der Waals surface area contributed by atoms with Gasteiger partial charge in [0.15, 0.2) is 0 Å². The average Bonchev–Trinajstić information content (AvgIpc) is 3.29. The molecule has 0 aliphatic carbocycles. The second-order valence-electron chi connectivity index (χ2n) is 20.0. The second-order valence-corrected chi connectivity index (χ2v) is 20.0. The zero-order chi connectivity index (χ0) is 46.5. The molecule has 64 heavy (non-hydrogen) atoms. The standard InChI is InChI=1S/C58H113NO5/c1-3-5-7-9-11-13-15-27-31-34-38-42-46-50-56(61)55(54-60)59-57(62)51-47-43-39-35-32-28-25-23-21-19-17-16-18-20-22-24-26-29-33-37-41-45-49-53-64-58(63)52-48-44-40-36-30-14-12-10-8-6-4-2/h10,12,55-56,60-61H,3-9,11,13-54H2,1-2H3,(H,59,62)/b12-10-. The maximum Gasteiger partial charge on any atom is 0.305 e. The first-order valence-electron chi connectivity index (χ1n) is 28.9. The van der Waals surface area contributed by atoms with E-state index in [0.717, 1.165) is 44.9 Å². The van der Waals surface area contributed by atoms with E-state index in [1.54, 1.807) is 0 Å². The monoisotopic (exact) mass is 904 g/mol. The van der Waals surface area contributed by atoms with E-state index in [1.165, 1.54) is 244 Å². The summed E-state index contributed by atoms with van der Waals surface area (Å²) < 4.78 is 5.46. The molecule has 0 aliphatic rings. The molecule has 2 unspecified atom stereocenters. The lowest BCUT2D eigenvalue weighted by atomic mass is 10.0. The number of hydrogen-bond acceptors (Lipinski definition) is 5. The van der Waals surface area contributed by atoms with Crippen LogP contribution in [-0.2, 0) is 14.3 Å². The summed E-state index contributed by atoms with van der Waals surface area (Å²) in [4.78, 5) is 24.4. The zero-order valence-electron chi connectivity index (χ0n) is 43.3. The van der Waals surface area contributed by atoms with Crippen LogP contribution in [0.15, 0.2) is 12.2 Å². The summed E-state index contributed by atoms with van der Waals surface area (Å²) in [5, 5.41) is 23.2. The van der Waals surface area contributed by atoms with E-state index in [0.29, 0.717) is 25.9 Å². The molecule has 0 fully saturated rings. The van der Waals surface area contributed by atoms with E-state index >= 15 is 0 Å². The molecule has 380 valence electrons. The van der Waals surface area contributed by atoms with E-state index < -0.39 is 12.1 Å². The molecular weight excluding hydrogens is 791 g/mol. The van der Waals surface area contributed by atoms with Crippen molar-refractivity contribution in [3.05, 3.63) is 12.2 Å². The van der Waals surface area contributed by atoms with Gasteiger partial charge in [0.05, 0.1) is 25.4 Å². The average molecular weight is 905 g/mol. The van der Waals surface area contributed by atoms with Crippen LogP contribution in [0.5, 0.6) is 0 Å². The van der Waals surface area contributed by atoms with Gasteiger partial charge in [0.2, 0.25) is 5.91 Å². The number of aliphatic hydroxyl groups is 2. The number of carbonyl (C=O) groups excluding carboxylic acids is 2. The summed E-state index contributed by atoms with van der Waals surface area (Å²) in [5.41, 5.74) is 0. The van der Waals surface area contributed by atoms with Crippen molar-refractivity contribution in [3.8, 4) is 0 Å². The van der Waals surface area contributed by atoms with Gasteiger partial charge in [-0.3, -0.25) is 9.59 Å². The lowest BCUT2D eigenvalue weighted by Crippen LogP contribution is -2.45. The Hall–Kier alpha value is -1.40. The van der Waals surface area contributed by atoms with Crippen LogP contribution in [0.2, 0.25) is 0 Å². The largest absolute Gasteiger partial charge is 0.466 e. The van der Waals surface area contributed by atoms with E-state index in [-0.39, 0.29) is 18.5 Å². The van der Waals surface area contributed by atoms with Crippen LogP contribution in [0.25, 0.3) is 0 Å². The highest BCUT2D eigenvalue weighted by atomic mass is 16.5. The molecule has 2 atom stereocenters. The van der Waals surface area contributed by atoms with Crippen LogP contribution in [0.3, 0.4) is 0 Å². The number of carbonyl (C=O) groups is 2. The fraction of sp³-hybridized carbons (Fsp3) is 0.931. The Balaban J connectivity index is 3.36. The molecule has 0 aromatic rings. The van der Waals surface area contributed by atoms with Gasteiger partial charge in [-0.05, 0) is 44.9 Å². The third kappa shape index (κ3) is 50.0. The molecule has 3 N–H and O–H groups in total. The van der Waals surface area contributed by atoms with Gasteiger partial charge in [0.1, 0.15) is 0 Å². The first-order chi connectivity index (χ1) is 31.5. The number of allylic oxidation sites excluding steroid dienone is 2. The van der Waals surface area contributed by atoms with Gasteiger partial charge in [-0.1, -0.05) is 276 Å². The van der Waals surface area contributed by atoms with Crippen molar-refractivity contribution in [1.82, 2.24) is 5.32 Å². The van der Waals surface area contributed by atoms with E-state index in [4.69, 9.17) is 4.74 Å². The lowest BCUT2D eigenvalue weighted by molar-refractivity contribution is -0.143. The maximum absolute atomic E-state index is 12.5. The number of amides is 1. The Morgan fingerprint density at radius 2 is 0.750 bits per heavy atom. The molecule has 0 radical (unpaired) electrons. The lowest BCUT2D eigenvalue weighted by Gasteiger charge is -2.22. The topological polar surface area (TPSA) is 95.9 Å². The van der Waals surface area contributed by atoms with Crippen LogP contribution in [0.4, 0.5) is 0 Å². The molecule has 6 nitrogen and oxygen atoms in total. The Morgan fingerprint density at radius 3 is 1.16 bits per heavy atom. The third-order valence-electron chi connectivity index (χ3n) is 13.6. The summed E-state index contributed by atoms with van der Waals surface area (Å²) in [6.07, 6.45) is 63.5. The predicted octanol–water partition coefficient (Wildman–Crippen LogP) is 17.7. The fourth-order valence-electron chi connectivity index (χ4n) is 9.09. The highest BCUT2D eigenvalue weighted by molar-refractivity contribution is 5.76. The third-order valence-corrected chi connectivity index (χ3v) is 13.6. The summed E-state index contributed by atoms with van der Waals surface area (Å²) in [5.74, 6) is -0.0297. The molecule has 0 heterocycles. The Kier molecular flexibility index (Phi) is 53.0. The van der Waals surface area contributed by atoms with Gasteiger partial charge in [0.25, 0.3) is 0 Å². The summed E-state index contributed by atoms with van der Waals surface area (Å²) >= 11 is 0. The minimum absolute atomic E-state index is 0.00360. The highest BCUT2D eigenvalue weighted by Gasteiger charge is 2.20. The number of aliphatic hydroxyl groups excluding tert-OH is 2. The molecule has 0 aromatic carbocycles. The molecule has 0 spiro atoms. The van der Waals surface area contributed by atoms with Crippen molar-refractivity contribution < 1.29 is 24.5 Å². The van der Waals surface area contributed by atoms with Crippen LogP contribution in [-0.4, -0.2) is 47.4 Å². The normalized spacial score (nSPS) is 12.6. The van der Waals surface area contributed by atoms with Crippen molar-refractivity contribution in [1.29, 1.82) is 0 Å².